The van der Waals surface area contributed by atoms with Crippen LogP contribution in [0.3, 0.4) is 0 Å². The molecule has 0 bridgehead atoms. The van der Waals surface area contributed by atoms with E-state index in [1.807, 2.05) is 6.92 Å². The predicted octanol–water partition coefficient (Wildman–Crippen LogP) is 1.95. The summed E-state index contributed by atoms with van der Waals surface area (Å²) >= 11 is 0.0556. The molecule has 0 aliphatic heterocycles. The van der Waals surface area contributed by atoms with Crippen LogP contribution in [0.5, 0.6) is 0 Å². The van der Waals surface area contributed by atoms with Gasteiger partial charge in [0.1, 0.15) is 0 Å². The zero-order valence-electron chi connectivity index (χ0n) is 5.03. The summed E-state index contributed by atoms with van der Waals surface area (Å²) in [6.07, 6.45) is 1.00. The molecule has 7 heavy (non-hydrogen) atoms. The van der Waals surface area contributed by atoms with E-state index in [4.69, 9.17) is 2.85 Å². The molecular formula is C5H12HfO. The first-order valence-electron chi connectivity index (χ1n) is 2.12. The molecule has 0 aliphatic rings. The van der Waals surface area contributed by atoms with Gasteiger partial charge < -0.3 is 13.8 Å². The minimum atomic E-state index is 0.0556. The summed E-state index contributed by atoms with van der Waals surface area (Å²) in [6.45, 7) is 10.5. The van der Waals surface area contributed by atoms with Gasteiger partial charge in [0.25, 0.3) is 0 Å². The van der Waals surface area contributed by atoms with Crippen LogP contribution < -0.4 is 0 Å². The second-order valence-corrected chi connectivity index (χ2v) is 0.500. The normalized spacial score (nSPS) is 4.29. The molecule has 0 rings (SSSR count). The van der Waals surface area contributed by atoms with Gasteiger partial charge in [-0.2, -0.15) is 13.3 Å². The van der Waals surface area contributed by atoms with Crippen LogP contribution in [0, 0.1) is 13.8 Å². The molecule has 0 aromatic rings. The van der Waals surface area contributed by atoms with E-state index >= 15 is 0 Å². The van der Waals surface area contributed by atoms with E-state index in [1.165, 1.54) is 0 Å². The van der Waals surface area contributed by atoms with Crippen molar-refractivity contribution in [1.82, 2.24) is 0 Å². The zero-order valence-corrected chi connectivity index (χ0v) is 8.62. The summed E-state index contributed by atoms with van der Waals surface area (Å²) in [5, 5.41) is 0. The first-order valence-corrected chi connectivity index (χ1v) is 3.59. The second-order valence-electron chi connectivity index (χ2n) is 0.500. The third-order valence-electron chi connectivity index (χ3n) is 0. The van der Waals surface area contributed by atoms with E-state index in [9.17, 15) is 0 Å². The summed E-state index contributed by atoms with van der Waals surface area (Å²) < 4.78 is 8.39. The molecule has 0 atom stereocenters. The summed E-state index contributed by atoms with van der Waals surface area (Å²) in [4.78, 5) is 0. The van der Waals surface area contributed by atoms with Gasteiger partial charge in [-0.3, -0.25) is 0 Å². The number of rotatable bonds is 0. The maximum atomic E-state index is 8.39. The van der Waals surface area contributed by atoms with Crippen LogP contribution in [0.4, 0.5) is 0 Å². The molecule has 0 saturated heterocycles. The Morgan fingerprint density at radius 2 is 1.43 bits per heavy atom. The van der Waals surface area contributed by atoms with Crippen LogP contribution in [0.2, 0.25) is 0 Å². The molecule has 0 unspecified atom stereocenters. The molecule has 0 spiro atoms. The standard InChI is InChI=1S/C3H7.C2H5.Hf.O/c1-3-2;1-2;;/h1,3H2,2H3;1H2,2H3;;/q2*-1;+2;. The fourth-order valence-corrected chi connectivity index (χ4v) is 0. The van der Waals surface area contributed by atoms with Crippen LogP contribution in [0.15, 0.2) is 0 Å². The van der Waals surface area contributed by atoms with Gasteiger partial charge in [0, 0.05) is 0 Å². The van der Waals surface area contributed by atoms with Crippen molar-refractivity contribution in [3.63, 3.8) is 0 Å². The molecule has 1 nitrogen and oxygen atoms in total. The van der Waals surface area contributed by atoms with Gasteiger partial charge >= 0.3 is 27.2 Å². The number of hydrogen-bond acceptors (Lipinski definition) is 1. The zero-order chi connectivity index (χ0) is 6.71. The molecule has 42 valence electrons. The summed E-state index contributed by atoms with van der Waals surface area (Å²) in [5.41, 5.74) is 0. The molecule has 0 aromatic carbocycles. The second kappa shape index (κ2) is 76.9. The predicted molar refractivity (Wildman–Crippen MR) is 27.4 cm³/mol. The van der Waals surface area contributed by atoms with Crippen molar-refractivity contribution < 1.29 is 27.2 Å². The topological polar surface area (TPSA) is 17.1 Å². The van der Waals surface area contributed by atoms with Crippen molar-refractivity contribution in [2.24, 2.45) is 0 Å². The molecule has 0 heterocycles. The van der Waals surface area contributed by atoms with Crippen molar-refractivity contribution >= 4 is 0 Å². The summed E-state index contributed by atoms with van der Waals surface area (Å²) in [6, 6.07) is 0. The fourth-order valence-electron chi connectivity index (χ4n) is 0. The maximum absolute atomic E-state index is 8.39. The van der Waals surface area contributed by atoms with Gasteiger partial charge in [-0.15, -0.1) is 0 Å². The van der Waals surface area contributed by atoms with Crippen LogP contribution >= 0.6 is 0 Å². The van der Waals surface area contributed by atoms with Gasteiger partial charge in [-0.1, -0.05) is 6.92 Å². The SMILES string of the molecule is [CH2-]C.[CH2-]CC.[O]=[Hf+2]. The van der Waals surface area contributed by atoms with Crippen molar-refractivity contribution in [2.45, 2.75) is 20.3 Å². The number of hydrogen-bond donors (Lipinski definition) is 0. The van der Waals surface area contributed by atoms with Gasteiger partial charge in [0.2, 0.25) is 0 Å². The monoisotopic (exact) mass is 268 g/mol. The molecule has 0 saturated carbocycles. The van der Waals surface area contributed by atoms with E-state index in [-0.39, 0.29) is 24.4 Å². The molecule has 0 N–H and O–H groups in total. The molecule has 0 fully saturated rings. The van der Waals surface area contributed by atoms with Gasteiger partial charge in [-0.25, -0.2) is 0 Å². The molecule has 2 heteroatoms. The van der Waals surface area contributed by atoms with Crippen molar-refractivity contribution in [1.29, 1.82) is 0 Å². The Labute approximate surface area is 61.5 Å². The van der Waals surface area contributed by atoms with E-state index in [0.717, 1.165) is 6.42 Å². The van der Waals surface area contributed by atoms with Gasteiger partial charge in [0.05, 0.1) is 0 Å². The Bertz CT molecular complexity index is 12.0. The van der Waals surface area contributed by atoms with E-state index in [0.29, 0.717) is 0 Å². The minimum absolute atomic E-state index is 0.0556. The van der Waals surface area contributed by atoms with Crippen molar-refractivity contribution in [3.8, 4) is 0 Å². The van der Waals surface area contributed by atoms with Crippen molar-refractivity contribution in [2.75, 3.05) is 0 Å². The summed E-state index contributed by atoms with van der Waals surface area (Å²) in [7, 11) is 0. The first-order chi connectivity index (χ1) is 3.41. The van der Waals surface area contributed by atoms with Crippen molar-refractivity contribution in [3.05, 3.63) is 13.8 Å². The quantitative estimate of drug-likeness (QED) is 0.484. The Morgan fingerprint density at radius 1 is 1.43 bits per heavy atom. The third kappa shape index (κ3) is 324. The first kappa shape index (κ1) is 15.6. The van der Waals surface area contributed by atoms with Crippen LogP contribution in [-0.4, -0.2) is 0 Å². The Morgan fingerprint density at radius 3 is 1.43 bits per heavy atom. The average Bonchev–Trinajstić information content (AvgIpc) is 1.78. The Hall–Kier alpha value is 0.670. The Balaban J connectivity index is -0.0000000360. The third-order valence-corrected chi connectivity index (χ3v) is 0. The van der Waals surface area contributed by atoms with E-state index < -0.39 is 0 Å². The van der Waals surface area contributed by atoms with Crippen LogP contribution in [0.1, 0.15) is 20.3 Å². The van der Waals surface area contributed by atoms with Gasteiger partial charge in [0.15, 0.2) is 0 Å². The molecular weight excluding hydrogens is 255 g/mol. The molecule has 0 amide bonds. The average molecular weight is 267 g/mol. The van der Waals surface area contributed by atoms with Crippen LogP contribution in [-0.2, 0) is 27.2 Å². The van der Waals surface area contributed by atoms with E-state index in [2.05, 4.69) is 13.8 Å². The molecule has 0 aromatic heterocycles. The molecule has 0 radical (unpaired) electrons. The molecule has 0 aliphatic carbocycles. The Kier molecular flexibility index (Phi) is 172. The fraction of sp³-hybridized carbons (Fsp3) is 0.600. The van der Waals surface area contributed by atoms with Gasteiger partial charge in [-0.05, 0) is 0 Å². The summed E-state index contributed by atoms with van der Waals surface area (Å²) in [5.74, 6) is 0. The van der Waals surface area contributed by atoms with Crippen LogP contribution in [0.25, 0.3) is 0 Å². The van der Waals surface area contributed by atoms with E-state index in [1.54, 1.807) is 6.92 Å².